The average Bonchev–Trinajstić information content (AvgIpc) is 2.88. The average molecular weight is 315 g/mol. The van der Waals surface area contributed by atoms with Crippen molar-refractivity contribution in [2.24, 2.45) is 12.9 Å². The van der Waals surface area contributed by atoms with Gasteiger partial charge in [0.2, 0.25) is 0 Å². The van der Waals surface area contributed by atoms with Crippen molar-refractivity contribution in [3.8, 4) is 0 Å². The summed E-state index contributed by atoms with van der Waals surface area (Å²) in [4.78, 5) is 1.18. The highest BCUT2D eigenvalue weighted by molar-refractivity contribution is 9.10. The standard InChI is InChI=1S/C11H15BrN4S/c1-3-9-7(6-16(2)15-9)10(14-13)11-8(12)4-5-17-11/h4-6,10,14H,3,13H2,1-2H3. The zero-order valence-electron chi connectivity index (χ0n) is 9.77. The van der Waals surface area contributed by atoms with Crippen LogP contribution < -0.4 is 11.3 Å². The fourth-order valence-corrected chi connectivity index (χ4v) is 3.57. The van der Waals surface area contributed by atoms with Gasteiger partial charge in [0, 0.05) is 28.2 Å². The summed E-state index contributed by atoms with van der Waals surface area (Å²) in [5.41, 5.74) is 5.10. The Balaban J connectivity index is 2.45. The van der Waals surface area contributed by atoms with E-state index in [1.807, 2.05) is 29.4 Å². The largest absolute Gasteiger partial charge is 0.275 e. The highest BCUT2D eigenvalue weighted by Gasteiger charge is 2.21. The minimum atomic E-state index is -0.00646. The van der Waals surface area contributed by atoms with Crippen molar-refractivity contribution >= 4 is 27.3 Å². The second-order valence-electron chi connectivity index (χ2n) is 3.79. The van der Waals surface area contributed by atoms with Gasteiger partial charge in [-0.2, -0.15) is 5.10 Å². The Morgan fingerprint density at radius 1 is 1.65 bits per heavy atom. The summed E-state index contributed by atoms with van der Waals surface area (Å²) in [6, 6.07) is 2.03. The van der Waals surface area contributed by atoms with Crippen molar-refractivity contribution in [3.63, 3.8) is 0 Å². The quantitative estimate of drug-likeness (QED) is 0.673. The van der Waals surface area contributed by atoms with Gasteiger partial charge in [-0.1, -0.05) is 6.92 Å². The molecule has 2 aromatic rings. The number of hydrogen-bond acceptors (Lipinski definition) is 4. The summed E-state index contributed by atoms with van der Waals surface area (Å²) in [7, 11) is 1.93. The van der Waals surface area contributed by atoms with Crippen LogP contribution in [0.1, 0.15) is 29.1 Å². The van der Waals surface area contributed by atoms with E-state index in [1.54, 1.807) is 11.3 Å². The first kappa shape index (κ1) is 12.8. The molecule has 4 nitrogen and oxygen atoms in total. The van der Waals surface area contributed by atoms with Crippen LogP contribution in [-0.4, -0.2) is 9.78 Å². The predicted molar refractivity (Wildman–Crippen MR) is 73.8 cm³/mol. The molecule has 0 fully saturated rings. The van der Waals surface area contributed by atoms with Crippen molar-refractivity contribution in [1.82, 2.24) is 15.2 Å². The van der Waals surface area contributed by atoms with Crippen LogP contribution in [0.3, 0.4) is 0 Å². The second kappa shape index (κ2) is 5.30. The monoisotopic (exact) mass is 314 g/mol. The van der Waals surface area contributed by atoms with Gasteiger partial charge in [-0.3, -0.25) is 10.5 Å². The number of nitrogens with zero attached hydrogens (tertiary/aromatic N) is 2. The Bertz CT molecular complexity index is 505. The van der Waals surface area contributed by atoms with E-state index in [4.69, 9.17) is 5.84 Å². The van der Waals surface area contributed by atoms with Gasteiger partial charge in [0.25, 0.3) is 0 Å². The smallest absolute Gasteiger partial charge is 0.0847 e. The first-order valence-corrected chi connectivity index (χ1v) is 7.06. The maximum absolute atomic E-state index is 5.70. The van der Waals surface area contributed by atoms with E-state index in [0.717, 1.165) is 22.2 Å². The Morgan fingerprint density at radius 2 is 2.41 bits per heavy atom. The molecule has 3 N–H and O–H groups in total. The van der Waals surface area contributed by atoms with Gasteiger partial charge in [-0.05, 0) is 33.8 Å². The van der Waals surface area contributed by atoms with Gasteiger partial charge in [-0.25, -0.2) is 5.43 Å². The van der Waals surface area contributed by atoms with Crippen molar-refractivity contribution in [1.29, 1.82) is 0 Å². The van der Waals surface area contributed by atoms with E-state index in [2.05, 4.69) is 33.4 Å². The lowest BCUT2D eigenvalue weighted by Gasteiger charge is -2.14. The van der Waals surface area contributed by atoms with Crippen molar-refractivity contribution in [2.75, 3.05) is 0 Å². The maximum atomic E-state index is 5.70. The van der Waals surface area contributed by atoms with Gasteiger partial charge in [0.15, 0.2) is 0 Å². The second-order valence-corrected chi connectivity index (χ2v) is 5.59. The summed E-state index contributed by atoms with van der Waals surface area (Å²) in [6.07, 6.45) is 2.92. The summed E-state index contributed by atoms with van der Waals surface area (Å²) in [6.45, 7) is 2.10. The fraction of sp³-hybridized carbons (Fsp3) is 0.364. The molecule has 1 unspecified atom stereocenters. The van der Waals surface area contributed by atoms with Gasteiger partial charge in [0.05, 0.1) is 11.7 Å². The first-order chi connectivity index (χ1) is 8.17. The van der Waals surface area contributed by atoms with Crippen LogP contribution in [-0.2, 0) is 13.5 Å². The SMILES string of the molecule is CCc1nn(C)cc1C(NN)c1sccc1Br. The molecular formula is C11H15BrN4S. The minimum absolute atomic E-state index is 0.00646. The van der Waals surface area contributed by atoms with Gasteiger partial charge in [0.1, 0.15) is 0 Å². The number of nitrogens with two attached hydrogens (primary N) is 1. The number of nitrogens with one attached hydrogen (secondary N) is 1. The number of hydrazine groups is 1. The summed E-state index contributed by atoms with van der Waals surface area (Å²) < 4.78 is 2.91. The number of aryl methyl sites for hydroxylation is 2. The van der Waals surface area contributed by atoms with Crippen LogP contribution in [0.2, 0.25) is 0 Å². The highest BCUT2D eigenvalue weighted by atomic mass is 79.9. The molecule has 92 valence electrons. The van der Waals surface area contributed by atoms with Crippen LogP contribution >= 0.6 is 27.3 Å². The molecule has 0 spiro atoms. The molecule has 0 aliphatic carbocycles. The van der Waals surface area contributed by atoms with Crippen LogP contribution in [0, 0.1) is 0 Å². The van der Waals surface area contributed by atoms with Gasteiger partial charge >= 0.3 is 0 Å². The Labute approximate surface area is 113 Å². The summed E-state index contributed by atoms with van der Waals surface area (Å²) >= 11 is 5.23. The number of hydrogen-bond donors (Lipinski definition) is 2. The predicted octanol–water partition coefficient (Wildman–Crippen LogP) is 2.36. The third kappa shape index (κ3) is 2.44. The topological polar surface area (TPSA) is 55.9 Å². The molecule has 0 aromatic carbocycles. The Hall–Kier alpha value is -0.690. The van der Waals surface area contributed by atoms with Gasteiger partial charge < -0.3 is 0 Å². The Morgan fingerprint density at radius 3 is 2.94 bits per heavy atom. The molecule has 0 saturated carbocycles. The van der Waals surface area contributed by atoms with E-state index >= 15 is 0 Å². The molecular weight excluding hydrogens is 300 g/mol. The number of rotatable bonds is 4. The third-order valence-corrected chi connectivity index (χ3v) is 4.59. The number of thiophene rings is 1. The van der Waals surface area contributed by atoms with Crippen molar-refractivity contribution in [3.05, 3.63) is 38.3 Å². The fourth-order valence-electron chi connectivity index (χ4n) is 1.89. The minimum Gasteiger partial charge on any atom is -0.275 e. The van der Waals surface area contributed by atoms with Crippen LogP contribution in [0.15, 0.2) is 22.1 Å². The number of halogens is 1. The molecule has 1 atom stereocenters. The molecule has 0 saturated heterocycles. The summed E-state index contributed by atoms with van der Waals surface area (Å²) in [5.74, 6) is 5.70. The summed E-state index contributed by atoms with van der Waals surface area (Å²) in [5, 5.41) is 6.50. The molecule has 2 rings (SSSR count). The van der Waals surface area contributed by atoms with E-state index in [9.17, 15) is 0 Å². The molecule has 0 amide bonds. The first-order valence-electron chi connectivity index (χ1n) is 5.38. The van der Waals surface area contributed by atoms with E-state index < -0.39 is 0 Å². The zero-order valence-corrected chi connectivity index (χ0v) is 12.2. The molecule has 2 heterocycles. The number of aromatic nitrogens is 2. The van der Waals surface area contributed by atoms with Crippen LogP contribution in [0.4, 0.5) is 0 Å². The van der Waals surface area contributed by atoms with Crippen molar-refractivity contribution in [2.45, 2.75) is 19.4 Å². The highest BCUT2D eigenvalue weighted by Crippen LogP contribution is 2.33. The lowest BCUT2D eigenvalue weighted by molar-refractivity contribution is 0.638. The molecule has 0 radical (unpaired) electrons. The molecule has 2 aromatic heterocycles. The maximum Gasteiger partial charge on any atom is 0.0847 e. The zero-order chi connectivity index (χ0) is 12.4. The van der Waals surface area contributed by atoms with E-state index in [-0.39, 0.29) is 6.04 Å². The van der Waals surface area contributed by atoms with E-state index in [1.165, 1.54) is 4.88 Å². The molecule has 0 bridgehead atoms. The normalized spacial score (nSPS) is 12.9. The van der Waals surface area contributed by atoms with E-state index in [0.29, 0.717) is 0 Å². The third-order valence-electron chi connectivity index (χ3n) is 2.66. The molecule has 17 heavy (non-hydrogen) atoms. The lowest BCUT2D eigenvalue weighted by atomic mass is 10.1. The molecule has 0 aliphatic heterocycles. The van der Waals surface area contributed by atoms with Crippen LogP contribution in [0.5, 0.6) is 0 Å². The Kier molecular flexibility index (Phi) is 3.98. The lowest BCUT2D eigenvalue weighted by Crippen LogP contribution is -2.28. The van der Waals surface area contributed by atoms with Crippen LogP contribution in [0.25, 0.3) is 0 Å². The molecule has 0 aliphatic rings. The van der Waals surface area contributed by atoms with Crippen molar-refractivity contribution < 1.29 is 0 Å². The molecule has 6 heteroatoms. The van der Waals surface area contributed by atoms with Gasteiger partial charge in [-0.15, -0.1) is 11.3 Å².